The fourth-order valence-electron chi connectivity index (χ4n) is 3.52. The zero-order valence-electron chi connectivity index (χ0n) is 18.0. The minimum absolute atomic E-state index is 0. The van der Waals surface area contributed by atoms with E-state index in [4.69, 9.17) is 16.3 Å². The predicted molar refractivity (Wildman–Crippen MR) is 130 cm³/mol. The van der Waals surface area contributed by atoms with Gasteiger partial charge in [0.25, 0.3) is 0 Å². The van der Waals surface area contributed by atoms with Crippen LogP contribution in [-0.2, 0) is 18.3 Å². The zero-order chi connectivity index (χ0) is 21.5. The van der Waals surface area contributed by atoms with Crippen molar-refractivity contribution in [3.8, 4) is 0 Å². The van der Waals surface area contributed by atoms with Crippen LogP contribution < -0.4 is 10.6 Å². The van der Waals surface area contributed by atoms with E-state index in [9.17, 15) is 4.39 Å². The van der Waals surface area contributed by atoms with Crippen molar-refractivity contribution < 1.29 is 9.13 Å². The van der Waals surface area contributed by atoms with Gasteiger partial charge in [0.1, 0.15) is 24.5 Å². The molecule has 0 bridgehead atoms. The average Bonchev–Trinajstić information content (AvgIpc) is 3.13. The lowest BCUT2D eigenvalue weighted by Gasteiger charge is -2.38. The molecule has 2 aromatic rings. The van der Waals surface area contributed by atoms with Gasteiger partial charge in [-0.3, -0.25) is 9.58 Å². The molecule has 0 spiro atoms. The number of nitrogens with zero attached hydrogens (tertiary/aromatic N) is 5. The molecule has 1 aliphatic rings. The largest absolute Gasteiger partial charge is 0.376 e. The Kier molecular flexibility index (Phi) is 10.4. The second-order valence-electron chi connectivity index (χ2n) is 7.20. The van der Waals surface area contributed by atoms with Crippen molar-refractivity contribution in [3.05, 3.63) is 46.8 Å². The summed E-state index contributed by atoms with van der Waals surface area (Å²) in [4.78, 5) is 11.0. The van der Waals surface area contributed by atoms with Crippen molar-refractivity contribution in [2.75, 3.05) is 32.8 Å². The van der Waals surface area contributed by atoms with Crippen LogP contribution in [0.15, 0.2) is 29.5 Å². The monoisotopic (exact) mass is 565 g/mol. The van der Waals surface area contributed by atoms with Crippen LogP contribution in [0, 0.1) is 5.82 Å². The molecule has 31 heavy (non-hydrogen) atoms. The Morgan fingerprint density at radius 2 is 2.23 bits per heavy atom. The van der Waals surface area contributed by atoms with Crippen molar-refractivity contribution in [2.45, 2.75) is 32.5 Å². The highest BCUT2D eigenvalue weighted by atomic mass is 127. The smallest absolute Gasteiger partial charge is 0.191 e. The van der Waals surface area contributed by atoms with Gasteiger partial charge in [-0.15, -0.1) is 24.0 Å². The van der Waals surface area contributed by atoms with Crippen molar-refractivity contribution >= 4 is 41.5 Å². The van der Waals surface area contributed by atoms with Crippen molar-refractivity contribution in [1.29, 1.82) is 0 Å². The zero-order valence-corrected chi connectivity index (χ0v) is 21.1. The van der Waals surface area contributed by atoms with E-state index in [0.717, 1.165) is 5.82 Å². The first kappa shape index (κ1) is 25.8. The Balaban J connectivity index is 0.00000341. The summed E-state index contributed by atoms with van der Waals surface area (Å²) in [5.41, 5.74) is 0.491. The molecule has 2 atom stereocenters. The third-order valence-corrected chi connectivity index (χ3v) is 5.37. The van der Waals surface area contributed by atoms with Gasteiger partial charge in [0, 0.05) is 43.8 Å². The number of ether oxygens (including phenoxy) is 1. The first-order valence-electron chi connectivity index (χ1n) is 10.1. The molecule has 3 rings (SSSR count). The average molecular weight is 566 g/mol. The second kappa shape index (κ2) is 12.5. The Bertz CT molecular complexity index is 846. The van der Waals surface area contributed by atoms with Gasteiger partial charge in [-0.1, -0.05) is 17.7 Å². The lowest BCUT2D eigenvalue weighted by atomic mass is 10.0. The number of rotatable bonds is 7. The Labute approximate surface area is 204 Å². The molecular weight excluding hydrogens is 536 g/mol. The molecule has 1 saturated heterocycles. The third kappa shape index (κ3) is 6.99. The van der Waals surface area contributed by atoms with E-state index in [1.807, 2.05) is 20.9 Å². The number of morpholine rings is 1. The molecule has 172 valence electrons. The van der Waals surface area contributed by atoms with Crippen LogP contribution in [0.4, 0.5) is 4.39 Å². The Hall–Kier alpha value is -1.50. The molecular formula is C20H30ClFIN7O. The van der Waals surface area contributed by atoms with Gasteiger partial charge < -0.3 is 15.4 Å². The van der Waals surface area contributed by atoms with Crippen LogP contribution in [0.5, 0.6) is 0 Å². The first-order chi connectivity index (χ1) is 14.5. The van der Waals surface area contributed by atoms with Crippen LogP contribution >= 0.6 is 35.6 Å². The molecule has 2 unspecified atom stereocenters. The second-order valence-corrected chi connectivity index (χ2v) is 7.61. The maximum Gasteiger partial charge on any atom is 0.191 e. The SMILES string of the molecule is CCNC(=NCc1ncnn1C)NCC(c1c(F)cccc1Cl)N1CCOC(C)C1.I. The molecule has 0 radical (unpaired) electrons. The van der Waals surface area contributed by atoms with E-state index in [2.05, 4.69) is 30.6 Å². The number of halogens is 3. The van der Waals surface area contributed by atoms with E-state index in [0.29, 0.717) is 55.9 Å². The van der Waals surface area contributed by atoms with Gasteiger partial charge in [0.2, 0.25) is 0 Å². The highest BCUT2D eigenvalue weighted by Crippen LogP contribution is 2.31. The van der Waals surface area contributed by atoms with E-state index >= 15 is 0 Å². The molecule has 1 aliphatic heterocycles. The molecule has 1 aromatic heterocycles. The summed E-state index contributed by atoms with van der Waals surface area (Å²) in [6.07, 6.45) is 1.57. The number of aryl methyl sites for hydroxylation is 1. The van der Waals surface area contributed by atoms with Gasteiger partial charge in [0.15, 0.2) is 5.96 Å². The number of hydrogen-bond donors (Lipinski definition) is 2. The molecule has 2 heterocycles. The first-order valence-corrected chi connectivity index (χ1v) is 10.5. The minimum Gasteiger partial charge on any atom is -0.376 e. The molecule has 2 N–H and O–H groups in total. The Morgan fingerprint density at radius 1 is 1.42 bits per heavy atom. The number of nitrogens with one attached hydrogen (secondary N) is 2. The number of hydrogen-bond acceptors (Lipinski definition) is 5. The lowest BCUT2D eigenvalue weighted by molar-refractivity contribution is -0.0343. The predicted octanol–water partition coefficient (Wildman–Crippen LogP) is 2.74. The quantitative estimate of drug-likeness (QED) is 0.305. The van der Waals surface area contributed by atoms with Crippen molar-refractivity contribution in [2.24, 2.45) is 12.0 Å². The number of aromatic nitrogens is 3. The van der Waals surface area contributed by atoms with Crippen LogP contribution in [0.25, 0.3) is 0 Å². The molecule has 0 aliphatic carbocycles. The van der Waals surface area contributed by atoms with Gasteiger partial charge >= 0.3 is 0 Å². The van der Waals surface area contributed by atoms with Crippen molar-refractivity contribution in [1.82, 2.24) is 30.3 Å². The van der Waals surface area contributed by atoms with Gasteiger partial charge in [-0.25, -0.2) is 14.4 Å². The number of benzene rings is 1. The van der Waals surface area contributed by atoms with Gasteiger partial charge in [0.05, 0.1) is 18.8 Å². The van der Waals surface area contributed by atoms with E-state index in [-0.39, 0.29) is 41.9 Å². The van der Waals surface area contributed by atoms with Gasteiger partial charge in [-0.2, -0.15) is 5.10 Å². The fourth-order valence-corrected chi connectivity index (χ4v) is 3.81. The molecule has 11 heteroatoms. The summed E-state index contributed by atoms with van der Waals surface area (Å²) >= 11 is 6.41. The Morgan fingerprint density at radius 3 is 2.87 bits per heavy atom. The summed E-state index contributed by atoms with van der Waals surface area (Å²) in [5.74, 6) is 1.07. The highest BCUT2D eigenvalue weighted by molar-refractivity contribution is 14.0. The third-order valence-electron chi connectivity index (χ3n) is 5.04. The minimum atomic E-state index is -0.311. The highest BCUT2D eigenvalue weighted by Gasteiger charge is 2.29. The van der Waals surface area contributed by atoms with E-state index in [1.54, 1.807) is 16.8 Å². The van der Waals surface area contributed by atoms with Crippen molar-refractivity contribution in [3.63, 3.8) is 0 Å². The summed E-state index contributed by atoms with van der Waals surface area (Å²) in [7, 11) is 1.83. The molecule has 1 aromatic carbocycles. The number of aliphatic imine (C=N–C) groups is 1. The van der Waals surface area contributed by atoms with Crippen LogP contribution in [-0.4, -0.2) is 64.5 Å². The van der Waals surface area contributed by atoms with Crippen LogP contribution in [0.1, 0.15) is 31.3 Å². The summed E-state index contributed by atoms with van der Waals surface area (Å²) < 4.78 is 22.1. The molecule has 8 nitrogen and oxygen atoms in total. The standard InChI is InChI=1S/C20H29ClFN7O.HI/c1-4-23-20(25-11-18-26-13-27-28(18)3)24-10-17(29-8-9-30-14(2)12-29)19-15(21)6-5-7-16(19)22;/h5-7,13-14,17H,4,8-12H2,1-3H3,(H2,23,24,25);1H. The molecule has 0 saturated carbocycles. The molecule has 1 fully saturated rings. The fraction of sp³-hybridized carbons (Fsp3) is 0.550. The van der Waals surface area contributed by atoms with E-state index in [1.165, 1.54) is 12.4 Å². The van der Waals surface area contributed by atoms with E-state index < -0.39 is 0 Å². The summed E-state index contributed by atoms with van der Waals surface area (Å²) in [5, 5.41) is 11.0. The maximum absolute atomic E-state index is 14.8. The molecule has 0 amide bonds. The number of guanidine groups is 1. The van der Waals surface area contributed by atoms with Gasteiger partial charge in [-0.05, 0) is 26.0 Å². The van der Waals surface area contributed by atoms with Crippen LogP contribution in [0.3, 0.4) is 0 Å². The summed E-state index contributed by atoms with van der Waals surface area (Å²) in [6, 6.07) is 4.54. The lowest BCUT2D eigenvalue weighted by Crippen LogP contribution is -2.48. The summed E-state index contributed by atoms with van der Waals surface area (Å²) in [6.45, 7) is 7.54. The van der Waals surface area contributed by atoms with Crippen LogP contribution in [0.2, 0.25) is 5.02 Å². The topological polar surface area (TPSA) is 79.6 Å². The maximum atomic E-state index is 14.8. The normalized spacial score (nSPS) is 18.4.